The van der Waals surface area contributed by atoms with Crippen LogP contribution < -0.4 is 14.8 Å². The highest BCUT2D eigenvalue weighted by molar-refractivity contribution is 9.10. The van der Waals surface area contributed by atoms with Crippen LogP contribution in [0, 0.1) is 6.92 Å². The third kappa shape index (κ3) is 6.42. The number of halogens is 1. The van der Waals surface area contributed by atoms with E-state index in [1.807, 2.05) is 56.3 Å². The summed E-state index contributed by atoms with van der Waals surface area (Å²) in [4.78, 5) is 12.0. The maximum atomic E-state index is 12.0. The number of rotatable bonds is 8. The molecule has 1 amide bonds. The summed E-state index contributed by atoms with van der Waals surface area (Å²) in [7, 11) is 0. The van der Waals surface area contributed by atoms with Gasteiger partial charge in [-0.15, -0.1) is 0 Å². The first-order valence-corrected chi connectivity index (χ1v) is 9.17. The molecule has 2 aromatic rings. The van der Waals surface area contributed by atoms with Crippen LogP contribution in [0.5, 0.6) is 11.5 Å². The van der Waals surface area contributed by atoms with E-state index in [-0.39, 0.29) is 18.6 Å². The van der Waals surface area contributed by atoms with E-state index in [2.05, 4.69) is 28.2 Å². The maximum absolute atomic E-state index is 12.0. The van der Waals surface area contributed by atoms with Crippen molar-refractivity contribution in [2.45, 2.75) is 33.2 Å². The summed E-state index contributed by atoms with van der Waals surface area (Å²) in [5, 5.41) is 2.87. The molecule has 134 valence electrons. The van der Waals surface area contributed by atoms with Crippen LogP contribution >= 0.6 is 15.9 Å². The molecule has 1 N–H and O–H groups in total. The van der Waals surface area contributed by atoms with Crippen molar-refractivity contribution < 1.29 is 14.3 Å². The van der Waals surface area contributed by atoms with E-state index in [1.54, 1.807) is 0 Å². The standard InChI is InChI=1S/C20H24BrNO3/c1-4-16-7-10-19(18(21)11-16)25-13-20(23)22-15(3)12-24-17-8-5-14(2)6-9-17/h5-11,15H,4,12-13H2,1-3H3,(H,22,23)/t15-/m1/s1. The van der Waals surface area contributed by atoms with Gasteiger partial charge >= 0.3 is 0 Å². The van der Waals surface area contributed by atoms with Gasteiger partial charge in [0.2, 0.25) is 0 Å². The van der Waals surface area contributed by atoms with E-state index < -0.39 is 0 Å². The van der Waals surface area contributed by atoms with Crippen molar-refractivity contribution in [2.75, 3.05) is 13.2 Å². The summed E-state index contributed by atoms with van der Waals surface area (Å²) in [6, 6.07) is 13.6. The van der Waals surface area contributed by atoms with E-state index >= 15 is 0 Å². The van der Waals surface area contributed by atoms with Gasteiger partial charge in [0, 0.05) is 0 Å². The van der Waals surface area contributed by atoms with E-state index in [9.17, 15) is 4.79 Å². The molecule has 1 atom stereocenters. The van der Waals surface area contributed by atoms with Crippen LogP contribution in [0.2, 0.25) is 0 Å². The number of amides is 1. The predicted octanol–water partition coefficient (Wildman–Crippen LogP) is 4.28. The molecule has 0 fully saturated rings. The Balaban J connectivity index is 1.74. The molecule has 4 nitrogen and oxygen atoms in total. The molecule has 25 heavy (non-hydrogen) atoms. The minimum atomic E-state index is -0.175. The van der Waals surface area contributed by atoms with Gasteiger partial charge in [0.15, 0.2) is 6.61 Å². The first-order valence-electron chi connectivity index (χ1n) is 8.38. The number of hydrogen-bond acceptors (Lipinski definition) is 3. The Morgan fingerprint density at radius 3 is 2.52 bits per heavy atom. The van der Waals surface area contributed by atoms with E-state index in [0.717, 1.165) is 16.6 Å². The Kier molecular flexibility index (Phi) is 7.31. The van der Waals surface area contributed by atoms with E-state index in [4.69, 9.17) is 9.47 Å². The summed E-state index contributed by atoms with van der Waals surface area (Å²) >= 11 is 3.47. The van der Waals surface area contributed by atoms with Crippen molar-refractivity contribution in [1.29, 1.82) is 0 Å². The predicted molar refractivity (Wildman–Crippen MR) is 103 cm³/mol. The largest absolute Gasteiger partial charge is 0.491 e. The first kappa shape index (κ1) is 19.3. The van der Waals surface area contributed by atoms with Crippen LogP contribution in [0.25, 0.3) is 0 Å². The SMILES string of the molecule is CCc1ccc(OCC(=O)N[C@H](C)COc2ccc(C)cc2)c(Br)c1. The summed E-state index contributed by atoms with van der Waals surface area (Å²) in [5.41, 5.74) is 2.40. The van der Waals surface area contributed by atoms with Crippen LogP contribution in [0.4, 0.5) is 0 Å². The molecule has 0 bridgehead atoms. The fraction of sp³-hybridized carbons (Fsp3) is 0.350. The van der Waals surface area contributed by atoms with Crippen molar-refractivity contribution in [3.63, 3.8) is 0 Å². The van der Waals surface area contributed by atoms with Gasteiger partial charge in [0.1, 0.15) is 18.1 Å². The van der Waals surface area contributed by atoms with Gasteiger partial charge in [0.05, 0.1) is 10.5 Å². The molecular weight excluding hydrogens is 382 g/mol. The number of carbonyl (C=O) groups excluding carboxylic acids is 1. The lowest BCUT2D eigenvalue weighted by molar-refractivity contribution is -0.123. The fourth-order valence-corrected chi connectivity index (χ4v) is 2.78. The average molecular weight is 406 g/mol. The zero-order chi connectivity index (χ0) is 18.2. The molecule has 0 unspecified atom stereocenters. The zero-order valence-electron chi connectivity index (χ0n) is 14.8. The highest BCUT2D eigenvalue weighted by atomic mass is 79.9. The molecule has 0 aromatic heterocycles. The molecule has 0 saturated carbocycles. The van der Waals surface area contributed by atoms with Crippen molar-refractivity contribution in [1.82, 2.24) is 5.32 Å². The molecule has 0 saturated heterocycles. The van der Waals surface area contributed by atoms with E-state index in [0.29, 0.717) is 12.4 Å². The lowest BCUT2D eigenvalue weighted by atomic mass is 10.2. The Labute approximate surface area is 157 Å². The molecule has 0 aliphatic heterocycles. The Morgan fingerprint density at radius 2 is 1.88 bits per heavy atom. The molecule has 0 aliphatic rings. The van der Waals surface area contributed by atoms with Gasteiger partial charge in [-0.05, 0) is 66.0 Å². The second kappa shape index (κ2) is 9.47. The Morgan fingerprint density at radius 1 is 1.16 bits per heavy atom. The van der Waals surface area contributed by atoms with Crippen LogP contribution in [-0.2, 0) is 11.2 Å². The number of nitrogens with one attached hydrogen (secondary N) is 1. The normalized spacial score (nSPS) is 11.7. The van der Waals surface area contributed by atoms with Crippen LogP contribution in [-0.4, -0.2) is 25.2 Å². The molecule has 0 aliphatic carbocycles. The minimum Gasteiger partial charge on any atom is -0.491 e. The van der Waals surface area contributed by atoms with Crippen LogP contribution in [0.1, 0.15) is 25.0 Å². The van der Waals surface area contributed by atoms with Gasteiger partial charge in [-0.2, -0.15) is 0 Å². The summed E-state index contributed by atoms with van der Waals surface area (Å²) < 4.78 is 12.1. The molecule has 0 heterocycles. The third-order valence-corrected chi connectivity index (χ3v) is 4.31. The van der Waals surface area contributed by atoms with Crippen molar-refractivity contribution in [3.8, 4) is 11.5 Å². The van der Waals surface area contributed by atoms with Gasteiger partial charge < -0.3 is 14.8 Å². The van der Waals surface area contributed by atoms with Gasteiger partial charge in [-0.3, -0.25) is 4.79 Å². The molecule has 0 radical (unpaired) electrons. The lowest BCUT2D eigenvalue weighted by Crippen LogP contribution is -2.39. The van der Waals surface area contributed by atoms with Crippen LogP contribution in [0.15, 0.2) is 46.9 Å². The lowest BCUT2D eigenvalue weighted by Gasteiger charge is -2.16. The number of aryl methyl sites for hydroxylation is 2. The second-order valence-corrected chi connectivity index (χ2v) is 6.85. The number of hydrogen-bond donors (Lipinski definition) is 1. The highest BCUT2D eigenvalue weighted by Crippen LogP contribution is 2.26. The van der Waals surface area contributed by atoms with Crippen LogP contribution in [0.3, 0.4) is 0 Å². The highest BCUT2D eigenvalue weighted by Gasteiger charge is 2.10. The molecular formula is C20H24BrNO3. The van der Waals surface area contributed by atoms with Gasteiger partial charge in [-0.1, -0.05) is 30.7 Å². The Bertz CT molecular complexity index is 701. The van der Waals surface area contributed by atoms with E-state index in [1.165, 1.54) is 11.1 Å². The zero-order valence-corrected chi connectivity index (χ0v) is 16.4. The quantitative estimate of drug-likeness (QED) is 0.712. The maximum Gasteiger partial charge on any atom is 0.258 e. The molecule has 5 heteroatoms. The van der Waals surface area contributed by atoms with Gasteiger partial charge in [0.25, 0.3) is 5.91 Å². The van der Waals surface area contributed by atoms with Crippen molar-refractivity contribution in [3.05, 3.63) is 58.1 Å². The number of benzene rings is 2. The monoisotopic (exact) mass is 405 g/mol. The Hall–Kier alpha value is -2.01. The fourth-order valence-electron chi connectivity index (χ4n) is 2.24. The average Bonchev–Trinajstić information content (AvgIpc) is 2.60. The summed E-state index contributed by atoms with van der Waals surface area (Å²) in [6.45, 7) is 6.40. The molecule has 0 spiro atoms. The van der Waals surface area contributed by atoms with Crippen molar-refractivity contribution in [2.24, 2.45) is 0 Å². The summed E-state index contributed by atoms with van der Waals surface area (Å²) in [6.07, 6.45) is 0.956. The minimum absolute atomic E-state index is 0.0288. The van der Waals surface area contributed by atoms with Crippen molar-refractivity contribution >= 4 is 21.8 Å². The topological polar surface area (TPSA) is 47.6 Å². The molecule has 2 aromatic carbocycles. The second-order valence-electron chi connectivity index (χ2n) is 6.00. The molecule has 2 rings (SSSR count). The third-order valence-electron chi connectivity index (χ3n) is 3.69. The summed E-state index contributed by atoms with van der Waals surface area (Å²) in [5.74, 6) is 1.28. The number of carbonyl (C=O) groups is 1. The first-order chi connectivity index (χ1) is 12.0. The smallest absolute Gasteiger partial charge is 0.258 e. The van der Waals surface area contributed by atoms with Gasteiger partial charge in [-0.25, -0.2) is 0 Å². The number of ether oxygens (including phenoxy) is 2.